The van der Waals surface area contributed by atoms with Crippen LogP contribution in [0.5, 0.6) is 0 Å². The molecule has 0 aromatic carbocycles. The molecule has 87 valence electrons. The minimum atomic E-state index is -0.525. The van der Waals surface area contributed by atoms with Crippen molar-refractivity contribution in [3.8, 4) is 0 Å². The first kappa shape index (κ1) is 16.0. The van der Waals surface area contributed by atoms with E-state index in [9.17, 15) is 5.11 Å². The minimum Gasteiger partial charge on any atom is -0.396 e. The Kier molecular flexibility index (Phi) is 7.82. The molecule has 0 aliphatic carbocycles. The van der Waals surface area contributed by atoms with Crippen LogP contribution in [0.4, 0.5) is 0 Å². The number of nitrogens with zero attached hydrogens (tertiary/aromatic N) is 1. The number of aliphatic hydroxyl groups excluding tert-OH is 1. The van der Waals surface area contributed by atoms with E-state index in [0.717, 1.165) is 38.9 Å². The first-order valence-corrected chi connectivity index (χ1v) is 5.59. The monoisotopic (exact) mass is 290 g/mol. The zero-order valence-electron chi connectivity index (χ0n) is 9.95. The molecule has 15 heavy (non-hydrogen) atoms. The molecule has 0 amide bonds. The fourth-order valence-corrected chi connectivity index (χ4v) is 2.16. The van der Waals surface area contributed by atoms with Gasteiger partial charge in [-0.1, -0.05) is 0 Å². The molecule has 2 N–H and O–H groups in total. The maximum atomic E-state index is 9.85. The van der Waals surface area contributed by atoms with Crippen LogP contribution in [-0.4, -0.2) is 47.0 Å². The Balaban J connectivity index is 0.00000196. The Bertz CT molecular complexity index is 162. The first-order chi connectivity index (χ1) is 6.54. The molecule has 1 aliphatic heterocycles. The van der Waals surface area contributed by atoms with Gasteiger partial charge in [0, 0.05) is 45.9 Å². The van der Waals surface area contributed by atoms with Gasteiger partial charge in [-0.05, 0) is 52.1 Å². The van der Waals surface area contributed by atoms with Gasteiger partial charge in [0.15, 0.2) is 0 Å². The van der Waals surface area contributed by atoms with Crippen LogP contribution in [0, 0.1) is 5.92 Å². The van der Waals surface area contributed by atoms with Crippen molar-refractivity contribution in [3.05, 3.63) is 0 Å². The van der Waals surface area contributed by atoms with Gasteiger partial charge < -0.3 is 15.1 Å². The van der Waals surface area contributed by atoms with Gasteiger partial charge in [-0.25, -0.2) is 0 Å². The molecule has 1 saturated heterocycles. The summed E-state index contributed by atoms with van der Waals surface area (Å²) < 4.78 is 0. The maximum absolute atomic E-state index is 9.85. The molecule has 1 aliphatic rings. The van der Waals surface area contributed by atoms with Gasteiger partial charge >= 0.3 is 0 Å². The smallest absolute Gasteiger partial charge is 0.0620 e. The summed E-state index contributed by atoms with van der Waals surface area (Å²) in [5, 5.41) is 18.6. The fourth-order valence-electron chi connectivity index (χ4n) is 2.16. The molecule has 4 heteroatoms. The summed E-state index contributed by atoms with van der Waals surface area (Å²) in [5.74, 6) is 0.438. The number of piperidine rings is 1. The second kappa shape index (κ2) is 7.34. The van der Waals surface area contributed by atoms with Crippen LogP contribution < -0.4 is 0 Å². The van der Waals surface area contributed by atoms with Crippen molar-refractivity contribution in [2.45, 2.75) is 38.7 Å². The quantitative estimate of drug-likeness (QED) is 0.807. The van der Waals surface area contributed by atoms with Crippen LogP contribution in [0.25, 0.3) is 0 Å². The van der Waals surface area contributed by atoms with Crippen LogP contribution >= 0.6 is 0 Å². The molecule has 1 fully saturated rings. The summed E-state index contributed by atoms with van der Waals surface area (Å²) in [6.45, 7) is 7.21. The Morgan fingerprint density at radius 2 is 1.80 bits per heavy atom. The van der Waals surface area contributed by atoms with Crippen LogP contribution in [0.3, 0.4) is 0 Å². The maximum Gasteiger partial charge on any atom is 0.0620 e. The van der Waals surface area contributed by atoms with Gasteiger partial charge in [0.25, 0.3) is 0 Å². The molecule has 0 saturated carbocycles. The largest absolute Gasteiger partial charge is 0.396 e. The summed E-state index contributed by atoms with van der Waals surface area (Å²) in [6, 6.07) is 0. The van der Waals surface area contributed by atoms with E-state index >= 15 is 0 Å². The number of hydrogen-bond acceptors (Lipinski definition) is 3. The summed E-state index contributed by atoms with van der Waals surface area (Å²) in [7, 11) is 0. The molecule has 0 aromatic rings. The van der Waals surface area contributed by atoms with Gasteiger partial charge in [0.05, 0.1) is 5.60 Å². The van der Waals surface area contributed by atoms with Crippen molar-refractivity contribution in [2.75, 3.05) is 26.2 Å². The zero-order valence-corrected chi connectivity index (χ0v) is 12.8. The van der Waals surface area contributed by atoms with Crippen LogP contribution in [0.2, 0.25) is 0 Å². The van der Waals surface area contributed by atoms with E-state index in [1.54, 1.807) is 0 Å². The number of aliphatic hydroxyl groups is 2. The molecule has 0 spiro atoms. The van der Waals surface area contributed by atoms with E-state index < -0.39 is 5.60 Å². The zero-order chi connectivity index (χ0) is 10.6. The number of rotatable bonds is 4. The normalized spacial score (nSPS) is 20.0. The average Bonchev–Trinajstić information content (AvgIpc) is 2.14. The second-order valence-electron chi connectivity index (χ2n) is 4.85. The van der Waals surface area contributed by atoms with Crippen molar-refractivity contribution in [1.29, 1.82) is 0 Å². The first-order valence-electron chi connectivity index (χ1n) is 5.59. The average molecular weight is 290 g/mol. The SMILES string of the molecule is CC(C)(O)C1CCN(CCCO)CC1.[Y]. The van der Waals surface area contributed by atoms with Gasteiger partial charge in [-0.2, -0.15) is 0 Å². The summed E-state index contributed by atoms with van der Waals surface area (Å²) in [6.07, 6.45) is 3.02. The molecule has 0 unspecified atom stereocenters. The predicted molar refractivity (Wildman–Crippen MR) is 57.2 cm³/mol. The molecular formula is C11H23NO2Y. The number of likely N-dealkylation sites (tertiary alicyclic amines) is 1. The van der Waals surface area contributed by atoms with Gasteiger partial charge in [0.1, 0.15) is 0 Å². The third kappa shape index (κ3) is 5.74. The summed E-state index contributed by atoms with van der Waals surface area (Å²) in [4.78, 5) is 2.37. The van der Waals surface area contributed by atoms with Gasteiger partial charge in [0.2, 0.25) is 0 Å². The van der Waals surface area contributed by atoms with E-state index in [2.05, 4.69) is 4.90 Å². The van der Waals surface area contributed by atoms with E-state index in [1.165, 1.54) is 0 Å². The Morgan fingerprint density at radius 1 is 1.27 bits per heavy atom. The molecule has 0 aromatic heterocycles. The van der Waals surface area contributed by atoms with Crippen molar-refractivity contribution in [2.24, 2.45) is 5.92 Å². The standard InChI is InChI=1S/C11H23NO2.Y/c1-11(2,14)10-4-7-12(8-5-10)6-3-9-13;/h10,13-14H,3-9H2,1-2H3;. The third-order valence-corrected chi connectivity index (χ3v) is 3.22. The molecule has 1 rings (SSSR count). The van der Waals surface area contributed by atoms with Gasteiger partial charge in [-0.15, -0.1) is 0 Å². The van der Waals surface area contributed by atoms with E-state index in [-0.39, 0.29) is 39.3 Å². The predicted octanol–water partition coefficient (Wildman–Crippen LogP) is 0.849. The third-order valence-electron chi connectivity index (χ3n) is 3.22. The van der Waals surface area contributed by atoms with E-state index in [0.29, 0.717) is 5.92 Å². The van der Waals surface area contributed by atoms with Crippen molar-refractivity contribution >= 4 is 0 Å². The number of hydrogen-bond donors (Lipinski definition) is 2. The van der Waals surface area contributed by atoms with Crippen molar-refractivity contribution in [3.63, 3.8) is 0 Å². The fraction of sp³-hybridized carbons (Fsp3) is 1.00. The van der Waals surface area contributed by atoms with Gasteiger partial charge in [-0.3, -0.25) is 0 Å². The van der Waals surface area contributed by atoms with Crippen LogP contribution in [0.15, 0.2) is 0 Å². The second-order valence-corrected chi connectivity index (χ2v) is 4.85. The topological polar surface area (TPSA) is 43.7 Å². The van der Waals surface area contributed by atoms with E-state index in [1.807, 2.05) is 13.8 Å². The Morgan fingerprint density at radius 3 is 2.20 bits per heavy atom. The van der Waals surface area contributed by atoms with Crippen LogP contribution in [-0.2, 0) is 32.7 Å². The van der Waals surface area contributed by atoms with Crippen LogP contribution in [0.1, 0.15) is 33.1 Å². The Hall–Kier alpha value is 0.984. The van der Waals surface area contributed by atoms with E-state index in [4.69, 9.17) is 5.11 Å². The molecule has 1 heterocycles. The molecule has 1 radical (unpaired) electrons. The van der Waals surface area contributed by atoms with Crippen molar-refractivity contribution < 1.29 is 42.9 Å². The summed E-state index contributed by atoms with van der Waals surface area (Å²) in [5.41, 5.74) is -0.525. The Labute approximate surface area is 118 Å². The minimum absolute atomic E-state index is 0. The molecule has 3 nitrogen and oxygen atoms in total. The molecular weight excluding hydrogens is 267 g/mol. The molecule has 0 bridgehead atoms. The van der Waals surface area contributed by atoms with Crippen molar-refractivity contribution in [1.82, 2.24) is 4.90 Å². The molecule has 0 atom stereocenters. The summed E-state index contributed by atoms with van der Waals surface area (Å²) >= 11 is 0.